The van der Waals surface area contributed by atoms with E-state index in [1.54, 1.807) is 17.9 Å². The van der Waals surface area contributed by atoms with Gasteiger partial charge in [-0.05, 0) is 44.5 Å². The molecule has 9 nitrogen and oxygen atoms in total. The summed E-state index contributed by atoms with van der Waals surface area (Å²) in [5, 5.41) is 11.6. The van der Waals surface area contributed by atoms with Crippen molar-refractivity contribution in [3.05, 3.63) is 63.2 Å². The lowest BCUT2D eigenvalue weighted by Gasteiger charge is -2.35. The molecule has 0 saturated carbocycles. The maximum atomic E-state index is 12.6. The van der Waals surface area contributed by atoms with Crippen LogP contribution >= 0.6 is 0 Å². The van der Waals surface area contributed by atoms with Crippen LogP contribution in [-0.4, -0.2) is 61.1 Å². The van der Waals surface area contributed by atoms with Gasteiger partial charge in [0.15, 0.2) is 6.61 Å². The number of ether oxygens (including phenoxy) is 2. The van der Waals surface area contributed by atoms with Crippen molar-refractivity contribution < 1.29 is 24.0 Å². The average Bonchev–Trinajstić information content (AvgIpc) is 2.78. The molecule has 0 unspecified atom stereocenters. The Morgan fingerprint density at radius 2 is 1.78 bits per heavy atom. The van der Waals surface area contributed by atoms with Gasteiger partial charge < -0.3 is 19.3 Å². The summed E-state index contributed by atoms with van der Waals surface area (Å²) in [6.45, 7) is 7.47. The molecule has 9 heteroatoms. The number of amides is 1. The molecule has 1 fully saturated rings. The Hall–Kier alpha value is -3.62. The highest BCUT2D eigenvalue weighted by molar-refractivity contribution is 5.91. The highest BCUT2D eigenvalue weighted by Crippen LogP contribution is 2.30. The highest BCUT2D eigenvalue weighted by Gasteiger charge is 2.27. The van der Waals surface area contributed by atoms with Crippen LogP contribution in [0.2, 0.25) is 0 Å². The molecule has 0 aliphatic carbocycles. The molecule has 1 amide bonds. The van der Waals surface area contributed by atoms with Crippen molar-refractivity contribution in [2.45, 2.75) is 20.8 Å². The molecule has 1 aliphatic rings. The number of carbonyl (C=O) groups is 2. The number of nitrogens with zero attached hydrogens (tertiary/aromatic N) is 3. The summed E-state index contributed by atoms with van der Waals surface area (Å²) in [6, 6.07) is 10.1. The molecular formula is C23H27N3O6. The molecule has 1 saturated heterocycles. The maximum Gasteiger partial charge on any atom is 0.338 e. The van der Waals surface area contributed by atoms with Crippen LogP contribution in [0.5, 0.6) is 5.75 Å². The first kappa shape index (κ1) is 23.1. The second kappa shape index (κ2) is 10.1. The predicted molar refractivity (Wildman–Crippen MR) is 119 cm³/mol. The van der Waals surface area contributed by atoms with Gasteiger partial charge in [0.2, 0.25) is 0 Å². The summed E-state index contributed by atoms with van der Waals surface area (Å²) in [4.78, 5) is 39.1. The van der Waals surface area contributed by atoms with E-state index in [-0.39, 0.29) is 30.4 Å². The first-order chi connectivity index (χ1) is 15.3. The van der Waals surface area contributed by atoms with Crippen LogP contribution < -0.4 is 9.64 Å². The van der Waals surface area contributed by atoms with E-state index in [1.807, 2.05) is 36.9 Å². The van der Waals surface area contributed by atoms with E-state index in [0.717, 1.165) is 11.1 Å². The Kier molecular flexibility index (Phi) is 7.29. The fourth-order valence-corrected chi connectivity index (χ4v) is 3.67. The highest BCUT2D eigenvalue weighted by atomic mass is 16.6. The zero-order chi connectivity index (χ0) is 23.3. The standard InChI is InChI=1S/C23H27N3O6/c1-4-31-23(28)18-6-7-19(20(14-18)26(29)30)24-9-11-25(12-10-24)22(27)15-32-21-8-5-16(2)13-17(21)3/h5-8,13-14H,4,9-12,15H2,1-3H3. The number of nitro groups is 1. The van der Waals surface area contributed by atoms with E-state index in [9.17, 15) is 19.7 Å². The van der Waals surface area contributed by atoms with Crippen molar-refractivity contribution in [1.29, 1.82) is 0 Å². The Bertz CT molecular complexity index is 1010. The van der Waals surface area contributed by atoms with Crippen LogP contribution in [0.1, 0.15) is 28.4 Å². The van der Waals surface area contributed by atoms with Gasteiger partial charge in [-0.25, -0.2) is 4.79 Å². The third-order valence-corrected chi connectivity index (χ3v) is 5.34. The molecule has 2 aromatic rings. The molecule has 170 valence electrons. The van der Waals surface area contributed by atoms with Gasteiger partial charge in [-0.1, -0.05) is 17.7 Å². The number of esters is 1. The second-order valence-electron chi connectivity index (χ2n) is 7.61. The molecule has 0 radical (unpaired) electrons. The number of hydrogen-bond donors (Lipinski definition) is 0. The second-order valence-corrected chi connectivity index (χ2v) is 7.61. The minimum absolute atomic E-state index is 0.0573. The van der Waals surface area contributed by atoms with Gasteiger partial charge in [0.05, 0.1) is 17.1 Å². The number of nitro benzene ring substituents is 1. The number of rotatable bonds is 7. The van der Waals surface area contributed by atoms with Crippen molar-refractivity contribution >= 4 is 23.3 Å². The van der Waals surface area contributed by atoms with Crippen LogP contribution in [0.15, 0.2) is 36.4 Å². The minimum Gasteiger partial charge on any atom is -0.484 e. The lowest BCUT2D eigenvalue weighted by molar-refractivity contribution is -0.384. The summed E-state index contributed by atoms with van der Waals surface area (Å²) in [5.41, 5.74) is 2.50. The molecule has 32 heavy (non-hydrogen) atoms. The summed E-state index contributed by atoms with van der Waals surface area (Å²) in [6.07, 6.45) is 0. The van der Waals surface area contributed by atoms with Crippen molar-refractivity contribution in [3.8, 4) is 5.75 Å². The Balaban J connectivity index is 1.61. The maximum absolute atomic E-state index is 12.6. The number of carbonyl (C=O) groups excluding carboxylic acids is 2. The van der Waals surface area contributed by atoms with E-state index in [0.29, 0.717) is 37.6 Å². The molecule has 3 rings (SSSR count). The molecule has 2 aromatic carbocycles. The van der Waals surface area contributed by atoms with E-state index in [1.165, 1.54) is 12.1 Å². The van der Waals surface area contributed by atoms with Gasteiger partial charge >= 0.3 is 5.97 Å². The van der Waals surface area contributed by atoms with Crippen molar-refractivity contribution in [2.24, 2.45) is 0 Å². The van der Waals surface area contributed by atoms with Gasteiger partial charge in [-0.15, -0.1) is 0 Å². The number of piperazine rings is 1. The Morgan fingerprint density at radius 3 is 2.41 bits per heavy atom. The first-order valence-corrected chi connectivity index (χ1v) is 10.5. The van der Waals surface area contributed by atoms with Crippen LogP contribution in [0.3, 0.4) is 0 Å². The fourth-order valence-electron chi connectivity index (χ4n) is 3.67. The monoisotopic (exact) mass is 441 g/mol. The average molecular weight is 441 g/mol. The predicted octanol–water partition coefficient (Wildman–Crippen LogP) is 3.12. The number of benzene rings is 2. The third-order valence-electron chi connectivity index (χ3n) is 5.34. The molecule has 1 aliphatic heterocycles. The van der Waals surface area contributed by atoms with Crippen LogP contribution in [-0.2, 0) is 9.53 Å². The van der Waals surface area contributed by atoms with Gasteiger partial charge in [-0.3, -0.25) is 14.9 Å². The van der Waals surface area contributed by atoms with Crippen molar-refractivity contribution in [3.63, 3.8) is 0 Å². The van der Waals surface area contributed by atoms with E-state index >= 15 is 0 Å². The fraction of sp³-hybridized carbons (Fsp3) is 0.391. The summed E-state index contributed by atoms with van der Waals surface area (Å²) in [5.74, 6) is -0.0435. The van der Waals surface area contributed by atoms with Crippen molar-refractivity contribution in [1.82, 2.24) is 4.90 Å². The smallest absolute Gasteiger partial charge is 0.338 e. The lowest BCUT2D eigenvalue weighted by Crippen LogP contribution is -2.50. The number of anilines is 1. The Labute approximate surface area is 186 Å². The summed E-state index contributed by atoms with van der Waals surface area (Å²) in [7, 11) is 0. The molecule has 0 N–H and O–H groups in total. The SMILES string of the molecule is CCOC(=O)c1ccc(N2CCN(C(=O)COc3ccc(C)cc3C)CC2)c([N+](=O)[O-])c1. The Morgan fingerprint density at radius 1 is 1.06 bits per heavy atom. The van der Waals surface area contributed by atoms with Crippen LogP contribution in [0.4, 0.5) is 11.4 Å². The summed E-state index contributed by atoms with van der Waals surface area (Å²) >= 11 is 0. The third kappa shape index (κ3) is 5.35. The number of hydrogen-bond acceptors (Lipinski definition) is 7. The molecule has 0 bridgehead atoms. The first-order valence-electron chi connectivity index (χ1n) is 10.5. The van der Waals surface area contributed by atoms with Gasteiger partial charge in [0.1, 0.15) is 11.4 Å². The van der Waals surface area contributed by atoms with E-state index < -0.39 is 10.9 Å². The van der Waals surface area contributed by atoms with Gasteiger partial charge in [-0.2, -0.15) is 0 Å². The van der Waals surface area contributed by atoms with Gasteiger partial charge in [0, 0.05) is 32.2 Å². The normalized spacial score (nSPS) is 13.6. The van der Waals surface area contributed by atoms with Crippen molar-refractivity contribution in [2.75, 3.05) is 44.3 Å². The molecule has 0 aromatic heterocycles. The zero-order valence-corrected chi connectivity index (χ0v) is 18.5. The van der Waals surface area contributed by atoms with E-state index in [2.05, 4.69) is 0 Å². The van der Waals surface area contributed by atoms with Gasteiger partial charge in [0.25, 0.3) is 11.6 Å². The zero-order valence-electron chi connectivity index (χ0n) is 18.5. The summed E-state index contributed by atoms with van der Waals surface area (Å²) < 4.78 is 10.6. The quantitative estimate of drug-likeness (QED) is 0.369. The molecular weight excluding hydrogens is 414 g/mol. The molecule has 0 spiro atoms. The molecule has 0 atom stereocenters. The van der Waals surface area contributed by atoms with E-state index in [4.69, 9.17) is 9.47 Å². The number of aryl methyl sites for hydroxylation is 2. The van der Waals surface area contributed by atoms with Crippen LogP contribution in [0, 0.1) is 24.0 Å². The largest absolute Gasteiger partial charge is 0.484 e. The van der Waals surface area contributed by atoms with Crippen LogP contribution in [0.25, 0.3) is 0 Å². The minimum atomic E-state index is -0.596. The molecule has 1 heterocycles. The lowest BCUT2D eigenvalue weighted by atomic mass is 10.1. The topological polar surface area (TPSA) is 102 Å².